The van der Waals surface area contributed by atoms with Gasteiger partial charge >= 0.3 is 0 Å². The van der Waals surface area contributed by atoms with Gasteiger partial charge in [0.2, 0.25) is 11.8 Å². The molecule has 2 heterocycles. The zero-order valence-corrected chi connectivity index (χ0v) is 18.9. The minimum absolute atomic E-state index is 0.0355. The predicted molar refractivity (Wildman–Crippen MR) is 131 cm³/mol. The summed E-state index contributed by atoms with van der Waals surface area (Å²) in [4.78, 5) is 26.8. The van der Waals surface area contributed by atoms with E-state index in [4.69, 9.17) is 4.52 Å². The summed E-state index contributed by atoms with van der Waals surface area (Å²) in [5.74, 6) is 0.0718. The first-order valence-corrected chi connectivity index (χ1v) is 11.3. The van der Waals surface area contributed by atoms with Crippen LogP contribution in [0.15, 0.2) is 89.5 Å². The number of aryl methyl sites for hydroxylation is 1. The molecular formula is C28H25N3O3. The molecule has 0 spiro atoms. The van der Waals surface area contributed by atoms with E-state index in [0.717, 1.165) is 27.9 Å². The van der Waals surface area contributed by atoms with Gasteiger partial charge in [0.05, 0.1) is 12.5 Å². The van der Waals surface area contributed by atoms with Crippen LogP contribution in [0.1, 0.15) is 17.7 Å². The zero-order valence-electron chi connectivity index (χ0n) is 18.9. The van der Waals surface area contributed by atoms with Crippen molar-refractivity contribution in [1.82, 2.24) is 10.5 Å². The molecule has 4 aromatic rings. The van der Waals surface area contributed by atoms with Crippen LogP contribution in [0.5, 0.6) is 0 Å². The van der Waals surface area contributed by atoms with Crippen LogP contribution in [-0.2, 0) is 16.1 Å². The van der Waals surface area contributed by atoms with Crippen LogP contribution in [0.2, 0.25) is 0 Å². The number of hydrogen-bond donors (Lipinski definition) is 1. The van der Waals surface area contributed by atoms with Crippen molar-refractivity contribution < 1.29 is 14.1 Å². The summed E-state index contributed by atoms with van der Waals surface area (Å²) in [7, 11) is 0. The molecule has 0 bridgehead atoms. The molecule has 1 saturated heterocycles. The lowest BCUT2D eigenvalue weighted by atomic mass is 10.0. The summed E-state index contributed by atoms with van der Waals surface area (Å²) in [5.41, 5.74) is 5.78. The maximum atomic E-state index is 12.7. The molecule has 0 saturated carbocycles. The Morgan fingerprint density at radius 1 is 0.971 bits per heavy atom. The quantitative estimate of drug-likeness (QED) is 0.448. The number of rotatable bonds is 6. The van der Waals surface area contributed by atoms with Gasteiger partial charge in [-0.15, -0.1) is 0 Å². The maximum Gasteiger partial charge on any atom is 0.227 e. The first-order valence-electron chi connectivity index (χ1n) is 11.3. The van der Waals surface area contributed by atoms with Gasteiger partial charge in [-0.3, -0.25) is 9.59 Å². The van der Waals surface area contributed by atoms with E-state index in [9.17, 15) is 9.59 Å². The summed E-state index contributed by atoms with van der Waals surface area (Å²) in [6, 6.07) is 27.8. The second kappa shape index (κ2) is 9.35. The van der Waals surface area contributed by atoms with E-state index < -0.39 is 0 Å². The van der Waals surface area contributed by atoms with E-state index in [-0.39, 0.29) is 30.7 Å². The van der Waals surface area contributed by atoms with E-state index in [1.54, 1.807) is 4.90 Å². The van der Waals surface area contributed by atoms with Gasteiger partial charge in [-0.2, -0.15) is 0 Å². The standard InChI is InChI=1S/C28H25N3O3/c1-19-7-13-25(14-8-19)31-18-23(15-27(31)32)28(33)29-17-24-16-26(34-30-24)22-11-9-21(10-12-22)20-5-3-2-4-6-20/h2-14,16,23H,15,17-18H2,1H3,(H,29,33). The molecular weight excluding hydrogens is 426 g/mol. The molecule has 1 atom stereocenters. The van der Waals surface area contributed by atoms with E-state index in [2.05, 4.69) is 22.6 Å². The van der Waals surface area contributed by atoms with Crippen LogP contribution in [0.25, 0.3) is 22.5 Å². The van der Waals surface area contributed by atoms with Crippen molar-refractivity contribution in [2.45, 2.75) is 19.9 Å². The number of anilines is 1. The summed E-state index contributed by atoms with van der Waals surface area (Å²) in [5, 5.41) is 6.99. The maximum absolute atomic E-state index is 12.7. The number of benzene rings is 3. The summed E-state index contributed by atoms with van der Waals surface area (Å²) in [6.45, 7) is 2.63. The SMILES string of the molecule is Cc1ccc(N2CC(C(=O)NCc3cc(-c4ccc(-c5ccccc5)cc4)on3)CC2=O)cc1. The summed E-state index contributed by atoms with van der Waals surface area (Å²) < 4.78 is 5.49. The molecule has 6 heteroatoms. The molecule has 1 unspecified atom stereocenters. The van der Waals surface area contributed by atoms with Gasteiger partial charge in [0.15, 0.2) is 5.76 Å². The van der Waals surface area contributed by atoms with Gasteiger partial charge in [-0.25, -0.2) is 0 Å². The second-order valence-corrected chi connectivity index (χ2v) is 8.58. The Morgan fingerprint density at radius 3 is 2.38 bits per heavy atom. The van der Waals surface area contributed by atoms with Crippen LogP contribution in [0.3, 0.4) is 0 Å². The third-order valence-corrected chi connectivity index (χ3v) is 6.12. The van der Waals surface area contributed by atoms with Crippen molar-refractivity contribution in [3.05, 3.63) is 96.2 Å². The Balaban J connectivity index is 1.18. The molecule has 3 aromatic carbocycles. The molecule has 5 rings (SSSR count). The van der Waals surface area contributed by atoms with Gasteiger partial charge in [0, 0.05) is 30.3 Å². The molecule has 2 amide bonds. The van der Waals surface area contributed by atoms with Crippen molar-refractivity contribution in [2.24, 2.45) is 5.92 Å². The topological polar surface area (TPSA) is 75.4 Å². The fraction of sp³-hybridized carbons (Fsp3) is 0.179. The Labute approximate surface area is 198 Å². The van der Waals surface area contributed by atoms with Gasteiger partial charge < -0.3 is 14.7 Å². The highest BCUT2D eigenvalue weighted by atomic mass is 16.5. The Hall–Kier alpha value is -4.19. The fourth-order valence-corrected chi connectivity index (χ4v) is 4.17. The predicted octanol–water partition coefficient (Wildman–Crippen LogP) is 4.99. The largest absolute Gasteiger partial charge is 0.356 e. The van der Waals surface area contributed by atoms with Crippen molar-refractivity contribution >= 4 is 17.5 Å². The van der Waals surface area contributed by atoms with Crippen molar-refractivity contribution in [1.29, 1.82) is 0 Å². The van der Waals surface area contributed by atoms with Crippen molar-refractivity contribution in [2.75, 3.05) is 11.4 Å². The highest BCUT2D eigenvalue weighted by Crippen LogP contribution is 2.27. The molecule has 6 nitrogen and oxygen atoms in total. The van der Waals surface area contributed by atoms with E-state index in [1.165, 1.54) is 0 Å². The normalized spacial score (nSPS) is 15.5. The first kappa shape index (κ1) is 21.6. The van der Waals surface area contributed by atoms with Gasteiger partial charge in [-0.1, -0.05) is 77.5 Å². The molecule has 0 aliphatic carbocycles. The zero-order chi connectivity index (χ0) is 23.5. The number of nitrogens with one attached hydrogen (secondary N) is 1. The van der Waals surface area contributed by atoms with Crippen LogP contribution in [0, 0.1) is 12.8 Å². The van der Waals surface area contributed by atoms with E-state index >= 15 is 0 Å². The molecule has 1 aromatic heterocycles. The second-order valence-electron chi connectivity index (χ2n) is 8.58. The highest BCUT2D eigenvalue weighted by molar-refractivity contribution is 6.00. The average Bonchev–Trinajstić information content (AvgIpc) is 3.51. The third kappa shape index (κ3) is 4.62. The van der Waals surface area contributed by atoms with Crippen molar-refractivity contribution in [3.8, 4) is 22.5 Å². The summed E-state index contributed by atoms with van der Waals surface area (Å²) in [6.07, 6.45) is 0.206. The number of carbonyl (C=O) groups is 2. The number of nitrogens with zero attached hydrogens (tertiary/aromatic N) is 2. The average molecular weight is 452 g/mol. The van der Waals surface area contributed by atoms with E-state index in [0.29, 0.717) is 18.0 Å². The Morgan fingerprint density at radius 2 is 1.65 bits per heavy atom. The minimum Gasteiger partial charge on any atom is -0.356 e. The number of aromatic nitrogens is 1. The van der Waals surface area contributed by atoms with Crippen molar-refractivity contribution in [3.63, 3.8) is 0 Å². The third-order valence-electron chi connectivity index (χ3n) is 6.12. The minimum atomic E-state index is -0.384. The number of amides is 2. The Bertz CT molecular complexity index is 1300. The van der Waals surface area contributed by atoms with Gasteiger partial charge in [-0.05, 0) is 30.2 Å². The lowest BCUT2D eigenvalue weighted by molar-refractivity contribution is -0.126. The highest BCUT2D eigenvalue weighted by Gasteiger charge is 2.35. The summed E-state index contributed by atoms with van der Waals surface area (Å²) >= 11 is 0. The van der Waals surface area contributed by atoms with Crippen LogP contribution >= 0.6 is 0 Å². The smallest absolute Gasteiger partial charge is 0.227 e. The molecule has 34 heavy (non-hydrogen) atoms. The van der Waals surface area contributed by atoms with Gasteiger partial charge in [0.25, 0.3) is 0 Å². The van der Waals surface area contributed by atoms with Crippen LogP contribution in [-0.4, -0.2) is 23.5 Å². The van der Waals surface area contributed by atoms with Crippen LogP contribution < -0.4 is 10.2 Å². The lowest BCUT2D eigenvalue weighted by Gasteiger charge is -2.16. The lowest BCUT2D eigenvalue weighted by Crippen LogP contribution is -2.32. The molecule has 1 fully saturated rings. The molecule has 0 radical (unpaired) electrons. The van der Waals surface area contributed by atoms with E-state index in [1.807, 2.05) is 79.7 Å². The Kier molecular flexibility index (Phi) is 5.95. The molecule has 170 valence electrons. The number of carbonyl (C=O) groups excluding carboxylic acids is 2. The first-order chi connectivity index (χ1) is 16.6. The molecule has 1 N–H and O–H groups in total. The molecule has 1 aliphatic heterocycles. The monoisotopic (exact) mass is 451 g/mol. The van der Waals surface area contributed by atoms with Gasteiger partial charge in [0.1, 0.15) is 5.69 Å². The number of hydrogen-bond acceptors (Lipinski definition) is 4. The fourth-order valence-electron chi connectivity index (χ4n) is 4.17. The molecule has 1 aliphatic rings. The van der Waals surface area contributed by atoms with Crippen LogP contribution in [0.4, 0.5) is 5.69 Å².